The number of hydrogen-bond acceptors (Lipinski definition) is 9. The second-order valence-corrected chi connectivity index (χ2v) is 12.5. The molecular weight excluding hydrogens is 524 g/mol. The number of methoxy groups -OCH3 is 1. The van der Waals surface area contributed by atoms with Crippen molar-refractivity contribution in [3.63, 3.8) is 0 Å². The molecule has 0 saturated heterocycles. The van der Waals surface area contributed by atoms with Crippen LogP contribution in [0.25, 0.3) is 0 Å². The number of nitrogens with one attached hydrogen (secondary N) is 3. The van der Waals surface area contributed by atoms with Crippen molar-refractivity contribution in [2.24, 2.45) is 5.92 Å². The molecule has 0 aliphatic carbocycles. The van der Waals surface area contributed by atoms with Crippen LogP contribution < -0.4 is 15.4 Å². The van der Waals surface area contributed by atoms with Gasteiger partial charge in [-0.1, -0.05) is 44.2 Å². The molecule has 0 saturated carbocycles. The molecule has 2 amide bonds. The molecule has 200 valence electrons. The molecule has 13 heteroatoms. The van der Waals surface area contributed by atoms with Crippen LogP contribution in [0.15, 0.2) is 35.7 Å². The van der Waals surface area contributed by atoms with Crippen LogP contribution in [0.1, 0.15) is 29.9 Å². The third kappa shape index (κ3) is 10.4. The predicted octanol–water partition coefficient (Wildman–Crippen LogP) is 1.74. The standard InChI is InChI=1S/C23H34N4O6S3/c1-15(2)13-24-22(30)20(34-11-10-33-3)19(28)17(12-16-8-6-5-7-9-16)25-21(29)18-14-35-23(26-18)27-36(4,31)32/h5-9,14-15,17,19-20,28H,10-13H2,1-4H3,(H,24,30)(H,25,29)(H,26,27)/t17-,19+,20+/m0/s1. The van der Waals surface area contributed by atoms with E-state index in [-0.39, 0.29) is 29.1 Å². The fraction of sp³-hybridized carbons (Fsp3) is 0.522. The first-order chi connectivity index (χ1) is 17.0. The van der Waals surface area contributed by atoms with E-state index in [0.717, 1.165) is 23.2 Å². The predicted molar refractivity (Wildman–Crippen MR) is 144 cm³/mol. The maximum atomic E-state index is 13.0. The number of thioether (sulfide) groups is 1. The van der Waals surface area contributed by atoms with E-state index in [2.05, 4.69) is 20.3 Å². The Kier molecular flexibility index (Phi) is 12.1. The number of benzene rings is 1. The lowest BCUT2D eigenvalue weighted by molar-refractivity contribution is -0.122. The number of aliphatic hydroxyl groups excluding tert-OH is 1. The van der Waals surface area contributed by atoms with Crippen molar-refractivity contribution in [2.45, 2.75) is 37.7 Å². The summed E-state index contributed by atoms with van der Waals surface area (Å²) in [5.41, 5.74) is 0.868. The second-order valence-electron chi connectivity index (χ2n) is 8.60. The fourth-order valence-corrected chi connectivity index (χ4v) is 5.84. The summed E-state index contributed by atoms with van der Waals surface area (Å²) in [6.07, 6.45) is 0.0347. The first kappa shape index (κ1) is 30.0. The summed E-state index contributed by atoms with van der Waals surface area (Å²) in [7, 11) is -1.98. The van der Waals surface area contributed by atoms with Gasteiger partial charge in [0.15, 0.2) is 5.13 Å². The summed E-state index contributed by atoms with van der Waals surface area (Å²) in [5, 5.41) is 17.7. The third-order valence-electron chi connectivity index (χ3n) is 4.87. The number of thiazole rings is 1. The van der Waals surface area contributed by atoms with Gasteiger partial charge < -0.3 is 20.5 Å². The first-order valence-electron chi connectivity index (χ1n) is 11.3. The van der Waals surface area contributed by atoms with E-state index < -0.39 is 33.3 Å². The zero-order valence-electron chi connectivity index (χ0n) is 20.8. The van der Waals surface area contributed by atoms with Gasteiger partial charge in [0.25, 0.3) is 5.91 Å². The number of nitrogens with zero attached hydrogens (tertiary/aromatic N) is 1. The number of rotatable bonds is 15. The molecule has 4 N–H and O–H groups in total. The molecule has 0 radical (unpaired) electrons. The third-order valence-corrected chi connectivity index (χ3v) is 7.58. The summed E-state index contributed by atoms with van der Waals surface area (Å²) in [4.78, 5) is 30.1. The number of amides is 2. The number of aliphatic hydroxyl groups is 1. The monoisotopic (exact) mass is 558 g/mol. The molecule has 0 aliphatic rings. The van der Waals surface area contributed by atoms with Gasteiger partial charge in [-0.2, -0.15) is 0 Å². The minimum Gasteiger partial charge on any atom is -0.389 e. The molecule has 1 heterocycles. The summed E-state index contributed by atoms with van der Waals surface area (Å²) >= 11 is 2.23. The van der Waals surface area contributed by atoms with Crippen LogP contribution in [-0.4, -0.2) is 80.0 Å². The van der Waals surface area contributed by atoms with E-state index in [0.29, 0.717) is 18.9 Å². The summed E-state index contributed by atoms with van der Waals surface area (Å²) in [5.74, 6) is -0.199. The van der Waals surface area contributed by atoms with E-state index in [1.54, 1.807) is 7.11 Å². The highest BCUT2D eigenvalue weighted by Gasteiger charge is 2.35. The molecule has 0 spiro atoms. The Hall–Kier alpha value is -2.19. The van der Waals surface area contributed by atoms with Crippen LogP contribution in [0.4, 0.5) is 5.13 Å². The lowest BCUT2D eigenvalue weighted by Gasteiger charge is -2.30. The fourth-order valence-electron chi connectivity index (χ4n) is 3.16. The normalized spacial score (nSPS) is 14.2. The van der Waals surface area contributed by atoms with Crippen molar-refractivity contribution in [3.05, 3.63) is 47.0 Å². The van der Waals surface area contributed by atoms with Crippen LogP contribution in [-0.2, 0) is 26.0 Å². The van der Waals surface area contributed by atoms with E-state index in [9.17, 15) is 23.1 Å². The van der Waals surface area contributed by atoms with E-state index in [1.165, 1.54) is 17.1 Å². The Labute approximate surface area is 220 Å². The largest absolute Gasteiger partial charge is 0.389 e. The van der Waals surface area contributed by atoms with Crippen molar-refractivity contribution >= 4 is 50.1 Å². The average Bonchev–Trinajstić information content (AvgIpc) is 3.27. The quantitative estimate of drug-likeness (QED) is 0.242. The van der Waals surface area contributed by atoms with Gasteiger partial charge in [0.1, 0.15) is 10.9 Å². The van der Waals surface area contributed by atoms with Gasteiger partial charge in [-0.05, 0) is 17.9 Å². The molecule has 0 fully saturated rings. The minimum atomic E-state index is -3.54. The van der Waals surface area contributed by atoms with Crippen LogP contribution in [0.5, 0.6) is 0 Å². The Morgan fingerprint density at radius 2 is 1.92 bits per heavy atom. The zero-order valence-corrected chi connectivity index (χ0v) is 23.2. The smallest absolute Gasteiger partial charge is 0.271 e. The molecule has 0 unspecified atom stereocenters. The van der Waals surface area contributed by atoms with E-state index in [4.69, 9.17) is 4.74 Å². The molecule has 2 aromatic rings. The Morgan fingerprint density at radius 3 is 2.53 bits per heavy atom. The number of ether oxygens (including phenoxy) is 1. The van der Waals surface area contributed by atoms with Crippen molar-refractivity contribution in [1.29, 1.82) is 0 Å². The topological polar surface area (TPSA) is 147 Å². The zero-order chi connectivity index (χ0) is 26.7. The number of anilines is 1. The minimum absolute atomic E-state index is 0.00394. The lowest BCUT2D eigenvalue weighted by Crippen LogP contribution is -2.53. The number of sulfonamides is 1. The number of carbonyl (C=O) groups is 2. The van der Waals surface area contributed by atoms with Crippen molar-refractivity contribution in [1.82, 2.24) is 15.6 Å². The SMILES string of the molecule is COCCS[C@@H](C(=O)NCC(C)C)[C@H](O)[C@H](Cc1ccccc1)NC(=O)c1csc(NS(C)(=O)=O)n1. The van der Waals surface area contributed by atoms with Gasteiger partial charge in [0.05, 0.1) is 25.0 Å². The molecule has 0 aliphatic heterocycles. The molecule has 3 atom stereocenters. The number of carbonyl (C=O) groups excluding carboxylic acids is 2. The van der Waals surface area contributed by atoms with Gasteiger partial charge >= 0.3 is 0 Å². The molecule has 0 bridgehead atoms. The van der Waals surface area contributed by atoms with Gasteiger partial charge in [0.2, 0.25) is 15.9 Å². The lowest BCUT2D eigenvalue weighted by atomic mass is 9.98. The molecule has 36 heavy (non-hydrogen) atoms. The Morgan fingerprint density at radius 1 is 1.22 bits per heavy atom. The Balaban J connectivity index is 2.27. The van der Waals surface area contributed by atoms with Crippen LogP contribution in [0.2, 0.25) is 0 Å². The molecule has 2 rings (SSSR count). The highest BCUT2D eigenvalue weighted by atomic mass is 32.2. The van der Waals surface area contributed by atoms with Crippen LogP contribution >= 0.6 is 23.1 Å². The number of aromatic nitrogens is 1. The summed E-state index contributed by atoms with van der Waals surface area (Å²) in [6.45, 7) is 4.81. The highest BCUT2D eigenvalue weighted by molar-refractivity contribution is 8.00. The maximum absolute atomic E-state index is 13.0. The molecule has 10 nitrogen and oxygen atoms in total. The second kappa shape index (κ2) is 14.5. The van der Waals surface area contributed by atoms with Crippen LogP contribution in [0, 0.1) is 5.92 Å². The average molecular weight is 559 g/mol. The Bertz CT molecular complexity index is 1080. The number of hydrogen-bond donors (Lipinski definition) is 4. The van der Waals surface area contributed by atoms with Crippen LogP contribution in [0.3, 0.4) is 0 Å². The highest BCUT2D eigenvalue weighted by Crippen LogP contribution is 2.22. The molecule has 1 aromatic carbocycles. The van der Waals surface area contributed by atoms with Gasteiger partial charge in [-0.25, -0.2) is 13.4 Å². The van der Waals surface area contributed by atoms with Crippen molar-refractivity contribution < 1.29 is 27.9 Å². The molecule has 1 aromatic heterocycles. The van der Waals surface area contributed by atoms with Crippen molar-refractivity contribution in [2.75, 3.05) is 37.0 Å². The van der Waals surface area contributed by atoms with E-state index >= 15 is 0 Å². The maximum Gasteiger partial charge on any atom is 0.271 e. The van der Waals surface area contributed by atoms with E-state index in [1.807, 2.05) is 44.2 Å². The first-order valence-corrected chi connectivity index (χ1v) is 15.2. The van der Waals surface area contributed by atoms with Gasteiger partial charge in [0, 0.05) is 24.8 Å². The van der Waals surface area contributed by atoms with Gasteiger partial charge in [-0.15, -0.1) is 23.1 Å². The summed E-state index contributed by atoms with van der Waals surface area (Å²) in [6, 6.07) is 8.48. The van der Waals surface area contributed by atoms with Crippen molar-refractivity contribution in [3.8, 4) is 0 Å². The molecular formula is C23H34N4O6S3. The summed E-state index contributed by atoms with van der Waals surface area (Å²) < 4.78 is 30.3. The van der Waals surface area contributed by atoms with Gasteiger partial charge in [-0.3, -0.25) is 14.3 Å².